The number of urea groups is 1. The zero-order valence-corrected chi connectivity index (χ0v) is 16.3. The van der Waals surface area contributed by atoms with Crippen molar-refractivity contribution in [3.05, 3.63) is 64.7 Å². The number of hydrogen-bond acceptors (Lipinski definition) is 3. The van der Waals surface area contributed by atoms with Crippen molar-refractivity contribution < 1.29 is 14.3 Å². The minimum Gasteiger partial charge on any atom is -0.494 e. The predicted octanol–water partition coefficient (Wildman–Crippen LogP) is 3.85. The molecule has 3 amide bonds. The highest BCUT2D eigenvalue weighted by Gasteiger charge is 2.48. The Balaban J connectivity index is 1.60. The average molecular weight is 366 g/mol. The summed E-state index contributed by atoms with van der Waals surface area (Å²) in [5, 5.41) is 2.84. The van der Waals surface area contributed by atoms with Crippen molar-refractivity contribution in [3.8, 4) is 5.75 Å². The number of imide groups is 1. The van der Waals surface area contributed by atoms with Gasteiger partial charge in [-0.3, -0.25) is 9.69 Å². The van der Waals surface area contributed by atoms with Crippen LogP contribution in [0.2, 0.25) is 0 Å². The molecule has 3 rings (SSSR count). The number of aryl methyl sites for hydroxylation is 3. The highest BCUT2D eigenvalue weighted by molar-refractivity contribution is 6.07. The van der Waals surface area contributed by atoms with Crippen LogP contribution in [-0.4, -0.2) is 30.0 Å². The minimum atomic E-state index is -1.01. The lowest BCUT2D eigenvalue weighted by atomic mass is 9.91. The number of nitrogens with one attached hydrogen (secondary N) is 1. The summed E-state index contributed by atoms with van der Waals surface area (Å²) >= 11 is 0. The van der Waals surface area contributed by atoms with Gasteiger partial charge in [0.05, 0.1) is 6.61 Å². The highest BCUT2D eigenvalue weighted by Crippen LogP contribution is 2.29. The van der Waals surface area contributed by atoms with Gasteiger partial charge < -0.3 is 10.1 Å². The molecule has 0 spiro atoms. The SMILES string of the molecule is Cc1ccc([C@@]2(C)NC(=O)N(CCCOc3cc(C)cc(C)c3)C2=O)cc1. The summed E-state index contributed by atoms with van der Waals surface area (Å²) in [6, 6.07) is 13.4. The first-order valence-electron chi connectivity index (χ1n) is 9.22. The van der Waals surface area contributed by atoms with Gasteiger partial charge in [0.15, 0.2) is 0 Å². The van der Waals surface area contributed by atoms with Gasteiger partial charge in [-0.25, -0.2) is 4.79 Å². The number of amides is 3. The van der Waals surface area contributed by atoms with E-state index in [2.05, 4.69) is 11.4 Å². The van der Waals surface area contributed by atoms with Crippen LogP contribution < -0.4 is 10.1 Å². The van der Waals surface area contributed by atoms with E-state index in [-0.39, 0.29) is 11.9 Å². The first kappa shape index (κ1) is 19.0. The third-order valence-electron chi connectivity index (χ3n) is 4.89. The monoisotopic (exact) mass is 366 g/mol. The van der Waals surface area contributed by atoms with Gasteiger partial charge in [-0.2, -0.15) is 0 Å². The van der Waals surface area contributed by atoms with Gasteiger partial charge in [0.25, 0.3) is 5.91 Å². The van der Waals surface area contributed by atoms with Gasteiger partial charge in [0, 0.05) is 6.54 Å². The van der Waals surface area contributed by atoms with Crippen LogP contribution >= 0.6 is 0 Å². The van der Waals surface area contributed by atoms with E-state index >= 15 is 0 Å². The number of carbonyl (C=O) groups excluding carboxylic acids is 2. The van der Waals surface area contributed by atoms with Crippen molar-refractivity contribution in [3.63, 3.8) is 0 Å². The van der Waals surface area contributed by atoms with E-state index in [0.717, 1.165) is 28.0 Å². The molecular formula is C22H26N2O3. The van der Waals surface area contributed by atoms with E-state index in [1.807, 2.05) is 57.2 Å². The molecule has 0 aliphatic carbocycles. The molecule has 142 valence electrons. The van der Waals surface area contributed by atoms with E-state index in [1.165, 1.54) is 4.90 Å². The molecule has 1 aliphatic rings. The second-order valence-corrected chi connectivity index (χ2v) is 7.40. The Bertz CT molecular complexity index is 840. The molecule has 2 aromatic carbocycles. The third kappa shape index (κ3) is 3.97. The molecule has 1 N–H and O–H groups in total. The summed E-state index contributed by atoms with van der Waals surface area (Å²) in [5.74, 6) is 0.594. The Kier molecular flexibility index (Phi) is 5.22. The molecule has 2 aromatic rings. The minimum absolute atomic E-state index is 0.220. The zero-order chi connectivity index (χ0) is 19.6. The van der Waals surface area contributed by atoms with Gasteiger partial charge in [-0.15, -0.1) is 0 Å². The smallest absolute Gasteiger partial charge is 0.325 e. The normalized spacial score (nSPS) is 19.3. The second-order valence-electron chi connectivity index (χ2n) is 7.40. The summed E-state index contributed by atoms with van der Waals surface area (Å²) in [7, 11) is 0. The summed E-state index contributed by atoms with van der Waals surface area (Å²) in [4.78, 5) is 26.5. The average Bonchev–Trinajstić information content (AvgIpc) is 2.82. The van der Waals surface area contributed by atoms with Crippen LogP contribution in [0.5, 0.6) is 5.75 Å². The topological polar surface area (TPSA) is 58.6 Å². The Morgan fingerprint density at radius 2 is 1.59 bits per heavy atom. The number of carbonyl (C=O) groups is 2. The number of benzene rings is 2. The van der Waals surface area contributed by atoms with Crippen LogP contribution in [-0.2, 0) is 10.3 Å². The van der Waals surface area contributed by atoms with Gasteiger partial charge >= 0.3 is 6.03 Å². The second kappa shape index (κ2) is 7.43. The molecule has 5 nitrogen and oxygen atoms in total. The fraction of sp³-hybridized carbons (Fsp3) is 0.364. The molecule has 1 heterocycles. The maximum absolute atomic E-state index is 12.9. The van der Waals surface area contributed by atoms with Gasteiger partial charge in [0.1, 0.15) is 11.3 Å². The Labute approximate surface area is 160 Å². The summed E-state index contributed by atoms with van der Waals surface area (Å²) in [5.41, 5.74) is 3.18. The van der Waals surface area contributed by atoms with Crippen molar-refractivity contribution >= 4 is 11.9 Å². The fourth-order valence-electron chi connectivity index (χ4n) is 3.41. The zero-order valence-electron chi connectivity index (χ0n) is 16.3. The van der Waals surface area contributed by atoms with E-state index in [9.17, 15) is 9.59 Å². The quantitative estimate of drug-likeness (QED) is 0.624. The first-order valence-corrected chi connectivity index (χ1v) is 9.22. The van der Waals surface area contributed by atoms with E-state index in [1.54, 1.807) is 6.92 Å². The molecule has 1 aliphatic heterocycles. The lowest BCUT2D eigenvalue weighted by Crippen LogP contribution is -2.41. The standard InChI is InChI=1S/C22H26N2O3/c1-15-6-8-18(9-7-15)22(4)20(25)24(21(26)23-22)10-5-11-27-19-13-16(2)12-17(3)14-19/h6-9,12-14H,5,10-11H2,1-4H3,(H,23,26)/t22-/m1/s1. The van der Waals surface area contributed by atoms with Crippen LogP contribution in [0, 0.1) is 20.8 Å². The van der Waals surface area contributed by atoms with E-state index in [4.69, 9.17) is 4.74 Å². The predicted molar refractivity (Wildman–Crippen MR) is 105 cm³/mol. The Morgan fingerprint density at radius 3 is 2.22 bits per heavy atom. The van der Waals surface area contributed by atoms with Crippen LogP contribution in [0.3, 0.4) is 0 Å². The molecule has 0 unspecified atom stereocenters. The number of rotatable bonds is 6. The molecule has 0 aromatic heterocycles. The molecule has 0 radical (unpaired) electrons. The van der Waals surface area contributed by atoms with Crippen molar-refractivity contribution in [2.24, 2.45) is 0 Å². The molecule has 1 atom stereocenters. The first-order chi connectivity index (χ1) is 12.8. The Hall–Kier alpha value is -2.82. The van der Waals surface area contributed by atoms with Gasteiger partial charge in [-0.05, 0) is 62.9 Å². The number of nitrogens with zero attached hydrogens (tertiary/aromatic N) is 1. The maximum atomic E-state index is 12.9. The largest absolute Gasteiger partial charge is 0.494 e. The lowest BCUT2D eigenvalue weighted by Gasteiger charge is -2.22. The molecule has 27 heavy (non-hydrogen) atoms. The molecule has 1 fully saturated rings. The molecule has 5 heteroatoms. The maximum Gasteiger partial charge on any atom is 0.325 e. The van der Waals surface area contributed by atoms with E-state index < -0.39 is 5.54 Å². The van der Waals surface area contributed by atoms with Crippen LogP contribution in [0.1, 0.15) is 35.6 Å². The highest BCUT2D eigenvalue weighted by atomic mass is 16.5. The summed E-state index contributed by atoms with van der Waals surface area (Å²) in [6.45, 7) is 8.57. The van der Waals surface area contributed by atoms with E-state index in [0.29, 0.717) is 19.6 Å². The van der Waals surface area contributed by atoms with Crippen LogP contribution in [0.25, 0.3) is 0 Å². The van der Waals surface area contributed by atoms with Crippen molar-refractivity contribution in [2.75, 3.05) is 13.2 Å². The van der Waals surface area contributed by atoms with Crippen molar-refractivity contribution in [2.45, 2.75) is 39.7 Å². The number of hydrogen-bond donors (Lipinski definition) is 1. The molecule has 1 saturated heterocycles. The van der Waals surface area contributed by atoms with Crippen LogP contribution in [0.15, 0.2) is 42.5 Å². The van der Waals surface area contributed by atoms with Gasteiger partial charge in [-0.1, -0.05) is 35.9 Å². The number of ether oxygens (including phenoxy) is 1. The van der Waals surface area contributed by atoms with Gasteiger partial charge in [0.2, 0.25) is 0 Å². The third-order valence-corrected chi connectivity index (χ3v) is 4.89. The van der Waals surface area contributed by atoms with Crippen LogP contribution in [0.4, 0.5) is 4.79 Å². The van der Waals surface area contributed by atoms with Crippen molar-refractivity contribution in [1.82, 2.24) is 10.2 Å². The molecule has 0 saturated carbocycles. The fourth-order valence-corrected chi connectivity index (χ4v) is 3.41. The lowest BCUT2D eigenvalue weighted by molar-refractivity contribution is -0.131. The molecular weight excluding hydrogens is 340 g/mol. The molecule has 0 bridgehead atoms. The van der Waals surface area contributed by atoms with Crippen molar-refractivity contribution in [1.29, 1.82) is 0 Å². The summed E-state index contributed by atoms with van der Waals surface area (Å²) in [6.07, 6.45) is 0.579. The summed E-state index contributed by atoms with van der Waals surface area (Å²) < 4.78 is 5.78. The Morgan fingerprint density at radius 1 is 0.963 bits per heavy atom.